The van der Waals surface area contributed by atoms with Crippen LogP contribution in [0.25, 0.3) is 0 Å². The minimum absolute atomic E-state index is 0.105. The molecule has 0 saturated carbocycles. The van der Waals surface area contributed by atoms with Crippen LogP contribution in [0.5, 0.6) is 0 Å². The van der Waals surface area contributed by atoms with E-state index in [2.05, 4.69) is 10.6 Å². The molecular weight excluding hydrogens is 208 g/mol. The van der Waals surface area contributed by atoms with Crippen molar-refractivity contribution >= 4 is 17.5 Å². The van der Waals surface area contributed by atoms with Crippen LogP contribution in [0.2, 0.25) is 0 Å². The minimum Gasteiger partial charge on any atom is -0.397 e. The Morgan fingerprint density at radius 3 is 2.69 bits per heavy atom. The minimum atomic E-state index is -0.233. The summed E-state index contributed by atoms with van der Waals surface area (Å²) in [6.07, 6.45) is 1.93. The molecule has 6 nitrogen and oxygen atoms in total. The Bertz CT molecular complexity index is 398. The zero-order chi connectivity index (χ0) is 12.1. The van der Waals surface area contributed by atoms with Crippen LogP contribution in [-0.2, 0) is 11.8 Å². The van der Waals surface area contributed by atoms with Crippen LogP contribution in [0.15, 0.2) is 12.3 Å². The van der Waals surface area contributed by atoms with Crippen LogP contribution in [0.4, 0.5) is 5.69 Å². The molecule has 0 fully saturated rings. The van der Waals surface area contributed by atoms with Crippen molar-refractivity contribution in [1.82, 2.24) is 15.2 Å². The summed E-state index contributed by atoms with van der Waals surface area (Å²) in [5, 5.41) is 5.12. The Balaban J connectivity index is 2.47. The molecule has 0 unspecified atom stereocenters. The molecule has 0 saturated heterocycles. The maximum atomic E-state index is 11.6. The van der Waals surface area contributed by atoms with Gasteiger partial charge in [0.1, 0.15) is 5.69 Å². The Hall–Kier alpha value is -1.98. The van der Waals surface area contributed by atoms with Gasteiger partial charge in [-0.25, -0.2) is 0 Å². The van der Waals surface area contributed by atoms with Crippen LogP contribution < -0.4 is 16.4 Å². The zero-order valence-electron chi connectivity index (χ0n) is 9.41. The Labute approximate surface area is 93.8 Å². The number of amides is 2. The third kappa shape index (κ3) is 3.01. The molecule has 0 aliphatic heterocycles. The van der Waals surface area contributed by atoms with Gasteiger partial charge in [-0.3, -0.25) is 9.59 Å². The van der Waals surface area contributed by atoms with Gasteiger partial charge in [0.05, 0.1) is 5.69 Å². The van der Waals surface area contributed by atoms with Gasteiger partial charge in [-0.2, -0.15) is 0 Å². The number of nitrogens with two attached hydrogens (primary N) is 1. The summed E-state index contributed by atoms with van der Waals surface area (Å²) in [5.74, 6) is -0.338. The van der Waals surface area contributed by atoms with E-state index >= 15 is 0 Å². The summed E-state index contributed by atoms with van der Waals surface area (Å²) in [5.41, 5.74) is 6.57. The van der Waals surface area contributed by atoms with Gasteiger partial charge in [0.15, 0.2) is 0 Å². The first-order valence-corrected chi connectivity index (χ1v) is 4.95. The molecule has 6 heteroatoms. The first-order chi connectivity index (χ1) is 7.54. The van der Waals surface area contributed by atoms with E-state index in [0.717, 1.165) is 0 Å². The van der Waals surface area contributed by atoms with Crippen LogP contribution in [0.1, 0.15) is 16.9 Å². The molecule has 0 bridgehead atoms. The van der Waals surface area contributed by atoms with Gasteiger partial charge in [-0.15, -0.1) is 0 Å². The highest BCUT2D eigenvalue weighted by Crippen LogP contribution is 2.07. The average Bonchev–Trinajstić information content (AvgIpc) is 2.57. The quantitative estimate of drug-likeness (QED) is 0.642. The SMILES string of the molecule is CNC(=O)CCNC(=O)c1cc(N)cn1C. The molecule has 2 amide bonds. The molecule has 1 aromatic rings. The smallest absolute Gasteiger partial charge is 0.267 e. The van der Waals surface area contributed by atoms with Crippen LogP contribution in [0.3, 0.4) is 0 Å². The molecule has 0 aromatic carbocycles. The van der Waals surface area contributed by atoms with Gasteiger partial charge in [0.2, 0.25) is 5.91 Å². The van der Waals surface area contributed by atoms with Gasteiger partial charge >= 0.3 is 0 Å². The third-order valence-electron chi connectivity index (χ3n) is 2.18. The monoisotopic (exact) mass is 224 g/mol. The second kappa shape index (κ2) is 5.20. The highest BCUT2D eigenvalue weighted by atomic mass is 16.2. The van der Waals surface area contributed by atoms with Gasteiger partial charge in [0, 0.05) is 33.3 Å². The van der Waals surface area contributed by atoms with E-state index in [1.165, 1.54) is 0 Å². The lowest BCUT2D eigenvalue weighted by Crippen LogP contribution is -2.30. The first-order valence-electron chi connectivity index (χ1n) is 4.95. The molecule has 16 heavy (non-hydrogen) atoms. The fourth-order valence-electron chi connectivity index (χ4n) is 1.32. The average molecular weight is 224 g/mol. The van der Waals surface area contributed by atoms with Crippen molar-refractivity contribution in [3.63, 3.8) is 0 Å². The topological polar surface area (TPSA) is 89.2 Å². The number of nitrogens with zero attached hydrogens (tertiary/aromatic N) is 1. The molecular formula is C10H16N4O2. The van der Waals surface area contributed by atoms with E-state index in [9.17, 15) is 9.59 Å². The number of hydrogen-bond donors (Lipinski definition) is 3. The van der Waals surface area contributed by atoms with Crippen molar-refractivity contribution in [2.45, 2.75) is 6.42 Å². The highest BCUT2D eigenvalue weighted by Gasteiger charge is 2.10. The lowest BCUT2D eigenvalue weighted by atomic mass is 10.3. The van der Waals surface area contributed by atoms with Crippen molar-refractivity contribution in [2.75, 3.05) is 19.3 Å². The predicted molar refractivity (Wildman–Crippen MR) is 60.8 cm³/mol. The second-order valence-electron chi connectivity index (χ2n) is 3.45. The van der Waals surface area contributed by atoms with Crippen molar-refractivity contribution in [2.24, 2.45) is 7.05 Å². The lowest BCUT2D eigenvalue weighted by Gasteiger charge is -2.05. The molecule has 0 spiro atoms. The standard InChI is InChI=1S/C10H16N4O2/c1-12-9(15)3-4-13-10(16)8-5-7(11)6-14(8)2/h5-6H,3-4,11H2,1-2H3,(H,12,15)(H,13,16). The first kappa shape index (κ1) is 12.1. The Morgan fingerprint density at radius 2 is 2.19 bits per heavy atom. The number of aromatic nitrogens is 1. The van der Waals surface area contributed by atoms with Crippen molar-refractivity contribution < 1.29 is 9.59 Å². The molecule has 0 aliphatic rings. The van der Waals surface area contributed by atoms with Crippen molar-refractivity contribution in [3.05, 3.63) is 18.0 Å². The fourth-order valence-corrected chi connectivity index (χ4v) is 1.32. The normalized spacial score (nSPS) is 9.88. The number of nitrogen functional groups attached to an aromatic ring is 1. The molecule has 88 valence electrons. The van der Waals surface area contributed by atoms with Gasteiger partial charge in [-0.05, 0) is 6.07 Å². The molecule has 0 atom stereocenters. The third-order valence-corrected chi connectivity index (χ3v) is 2.18. The lowest BCUT2D eigenvalue weighted by molar-refractivity contribution is -0.120. The Morgan fingerprint density at radius 1 is 1.50 bits per heavy atom. The predicted octanol–water partition coefficient (Wildman–Crippen LogP) is -0.527. The van der Waals surface area contributed by atoms with Crippen LogP contribution >= 0.6 is 0 Å². The summed E-state index contributed by atoms with van der Waals surface area (Å²) in [6.45, 7) is 0.309. The van der Waals surface area contributed by atoms with Crippen molar-refractivity contribution in [1.29, 1.82) is 0 Å². The number of carbonyl (C=O) groups is 2. The summed E-state index contributed by atoms with van der Waals surface area (Å²) in [6, 6.07) is 1.59. The zero-order valence-corrected chi connectivity index (χ0v) is 9.41. The van der Waals surface area contributed by atoms with Gasteiger partial charge in [-0.1, -0.05) is 0 Å². The highest BCUT2D eigenvalue weighted by molar-refractivity contribution is 5.94. The number of nitrogens with one attached hydrogen (secondary N) is 2. The van der Waals surface area contributed by atoms with Crippen LogP contribution in [-0.4, -0.2) is 30.0 Å². The second-order valence-corrected chi connectivity index (χ2v) is 3.45. The largest absolute Gasteiger partial charge is 0.397 e. The molecule has 0 radical (unpaired) electrons. The number of hydrogen-bond acceptors (Lipinski definition) is 3. The number of anilines is 1. The number of aryl methyl sites for hydroxylation is 1. The maximum Gasteiger partial charge on any atom is 0.267 e. The molecule has 4 N–H and O–H groups in total. The van der Waals surface area contributed by atoms with Crippen molar-refractivity contribution in [3.8, 4) is 0 Å². The molecule has 1 aromatic heterocycles. The molecule has 1 rings (SSSR count). The Kier molecular flexibility index (Phi) is 3.93. The van der Waals surface area contributed by atoms with E-state index in [4.69, 9.17) is 5.73 Å². The van der Waals surface area contributed by atoms with Crippen LogP contribution in [0, 0.1) is 0 Å². The van der Waals surface area contributed by atoms with E-state index in [1.54, 1.807) is 30.9 Å². The number of carbonyl (C=O) groups excluding carboxylic acids is 2. The summed E-state index contributed by atoms with van der Waals surface area (Å²) in [7, 11) is 3.30. The van der Waals surface area contributed by atoms with Gasteiger partial charge in [0.25, 0.3) is 5.91 Å². The number of rotatable bonds is 4. The van der Waals surface area contributed by atoms with E-state index < -0.39 is 0 Å². The maximum absolute atomic E-state index is 11.6. The van der Waals surface area contributed by atoms with E-state index in [1.807, 2.05) is 0 Å². The van der Waals surface area contributed by atoms with Gasteiger partial charge < -0.3 is 20.9 Å². The fraction of sp³-hybridized carbons (Fsp3) is 0.400. The summed E-state index contributed by atoms with van der Waals surface area (Å²) in [4.78, 5) is 22.5. The summed E-state index contributed by atoms with van der Waals surface area (Å²) < 4.78 is 1.64. The summed E-state index contributed by atoms with van der Waals surface area (Å²) >= 11 is 0. The molecule has 1 heterocycles. The molecule has 0 aliphatic carbocycles. The van der Waals surface area contributed by atoms with E-state index in [-0.39, 0.29) is 18.2 Å². The van der Waals surface area contributed by atoms with E-state index in [0.29, 0.717) is 17.9 Å².